The number of Topliss-reactive ketones (excluding diaryl/α,β-unsaturated/α-hetero) is 1. The van der Waals surface area contributed by atoms with E-state index in [-0.39, 0.29) is 12.1 Å². The quantitative estimate of drug-likeness (QED) is 0.331. The second-order valence-corrected chi connectivity index (χ2v) is 10.7. The molecule has 3 aromatic carbocycles. The molecule has 3 aliphatic rings. The number of likely N-dealkylation sites (tertiary alicyclic amines) is 1. The van der Waals surface area contributed by atoms with Gasteiger partial charge in [0.2, 0.25) is 0 Å². The summed E-state index contributed by atoms with van der Waals surface area (Å²) in [5, 5.41) is 0. The van der Waals surface area contributed by atoms with E-state index < -0.39 is 12.0 Å². The maximum absolute atomic E-state index is 13.9. The molecule has 3 atom stereocenters. The maximum Gasteiger partial charge on any atom is 0.199 e. The van der Waals surface area contributed by atoms with Crippen LogP contribution in [0.2, 0.25) is 0 Å². The Morgan fingerprint density at radius 3 is 2.38 bits per heavy atom. The first-order chi connectivity index (χ1) is 19.2. The monoisotopic (exact) mass is 527 g/mol. The molecule has 0 radical (unpaired) electrons. The lowest BCUT2D eigenvalue weighted by molar-refractivity contribution is -0.106. The van der Waals surface area contributed by atoms with Crippen LogP contribution in [0, 0.1) is 0 Å². The second-order valence-electron chi connectivity index (χ2n) is 10.7. The molecule has 3 aromatic rings. The maximum atomic E-state index is 13.9. The van der Waals surface area contributed by atoms with Crippen LogP contribution in [0.3, 0.4) is 0 Å². The standard InChI is InChI=1S/C33H37NO5/c35-32-28-17-16-27(38-30-11-5-8-21-37-30)23-29(28)39-33(31(32)24-9-3-1-4-10-24)25-12-14-26(15-13-25)36-22-20-34-18-6-2-7-19-34/h1,3-4,9-10,12-17,23,30-31,33H,2,5-8,11,18-22H2/t30?,31-,33+/m0/s1. The van der Waals surface area contributed by atoms with Gasteiger partial charge in [-0.15, -0.1) is 0 Å². The predicted octanol–water partition coefficient (Wildman–Crippen LogP) is 6.56. The van der Waals surface area contributed by atoms with Gasteiger partial charge in [-0.1, -0.05) is 48.9 Å². The van der Waals surface area contributed by atoms with Crippen LogP contribution in [0.5, 0.6) is 17.2 Å². The Balaban J connectivity index is 1.21. The van der Waals surface area contributed by atoms with Gasteiger partial charge >= 0.3 is 0 Å². The van der Waals surface area contributed by atoms with E-state index >= 15 is 0 Å². The van der Waals surface area contributed by atoms with Gasteiger partial charge in [0.25, 0.3) is 0 Å². The third-order valence-corrected chi connectivity index (χ3v) is 7.96. The highest BCUT2D eigenvalue weighted by Crippen LogP contribution is 2.45. The number of piperidine rings is 1. The molecular weight excluding hydrogens is 490 g/mol. The Kier molecular flexibility index (Phi) is 8.12. The molecule has 3 aliphatic heterocycles. The van der Waals surface area contributed by atoms with Crippen molar-refractivity contribution in [3.8, 4) is 17.2 Å². The van der Waals surface area contributed by atoms with Gasteiger partial charge in [0.05, 0.1) is 18.1 Å². The first-order valence-corrected chi connectivity index (χ1v) is 14.4. The van der Waals surface area contributed by atoms with Gasteiger partial charge in [-0.05, 0) is 74.2 Å². The van der Waals surface area contributed by atoms with Crippen molar-refractivity contribution in [3.63, 3.8) is 0 Å². The fourth-order valence-corrected chi connectivity index (χ4v) is 5.82. The van der Waals surface area contributed by atoms with Gasteiger partial charge in [-0.3, -0.25) is 9.69 Å². The number of fused-ring (bicyclic) bond motifs is 1. The lowest BCUT2D eigenvalue weighted by Gasteiger charge is -2.33. The summed E-state index contributed by atoms with van der Waals surface area (Å²) < 4.78 is 24.5. The van der Waals surface area contributed by atoms with Crippen LogP contribution >= 0.6 is 0 Å². The lowest BCUT2D eigenvalue weighted by Crippen LogP contribution is -2.33. The molecule has 0 N–H and O–H groups in total. The minimum absolute atomic E-state index is 0.0507. The molecule has 6 heteroatoms. The van der Waals surface area contributed by atoms with E-state index in [0.29, 0.717) is 30.3 Å². The van der Waals surface area contributed by atoms with Crippen molar-refractivity contribution in [1.82, 2.24) is 4.90 Å². The molecule has 6 nitrogen and oxygen atoms in total. The average Bonchev–Trinajstić information content (AvgIpc) is 2.99. The van der Waals surface area contributed by atoms with E-state index in [0.717, 1.165) is 55.8 Å². The van der Waals surface area contributed by atoms with E-state index in [2.05, 4.69) is 4.90 Å². The van der Waals surface area contributed by atoms with Gasteiger partial charge in [-0.25, -0.2) is 0 Å². The number of rotatable bonds is 8. The third kappa shape index (κ3) is 6.13. The number of hydrogen-bond donors (Lipinski definition) is 0. The minimum atomic E-state index is -0.462. The fraction of sp³-hybridized carbons (Fsp3) is 0.424. The summed E-state index contributed by atoms with van der Waals surface area (Å²) in [6.07, 6.45) is 6.19. The smallest absolute Gasteiger partial charge is 0.199 e. The summed E-state index contributed by atoms with van der Waals surface area (Å²) >= 11 is 0. The van der Waals surface area contributed by atoms with Crippen LogP contribution in [0.4, 0.5) is 0 Å². The fourth-order valence-electron chi connectivity index (χ4n) is 5.82. The highest BCUT2D eigenvalue weighted by Gasteiger charge is 2.39. The van der Waals surface area contributed by atoms with Crippen LogP contribution in [-0.4, -0.2) is 49.8 Å². The zero-order valence-corrected chi connectivity index (χ0v) is 22.4. The molecular formula is C33H37NO5. The third-order valence-electron chi connectivity index (χ3n) is 7.96. The Bertz CT molecular complexity index is 1230. The van der Waals surface area contributed by atoms with E-state index in [1.807, 2.05) is 72.8 Å². The highest BCUT2D eigenvalue weighted by atomic mass is 16.7. The molecule has 6 rings (SSSR count). The SMILES string of the molecule is O=C1c2ccc(OC3CCCCO3)cc2O[C@H](c2ccc(OCCN3CCCCC3)cc2)[C@H]1c1ccccc1. The molecule has 0 bridgehead atoms. The van der Waals surface area contributed by atoms with Gasteiger partial charge in [-0.2, -0.15) is 0 Å². The Labute approximate surface area is 230 Å². The van der Waals surface area contributed by atoms with Crippen molar-refractivity contribution in [3.05, 3.63) is 89.5 Å². The predicted molar refractivity (Wildman–Crippen MR) is 150 cm³/mol. The number of nitrogens with zero attached hydrogens (tertiary/aromatic N) is 1. The zero-order valence-electron chi connectivity index (χ0n) is 22.4. The van der Waals surface area contributed by atoms with Crippen LogP contribution in [0.1, 0.15) is 72.0 Å². The summed E-state index contributed by atoms with van der Waals surface area (Å²) in [7, 11) is 0. The molecule has 2 fully saturated rings. The van der Waals surface area contributed by atoms with Gasteiger partial charge in [0, 0.05) is 19.0 Å². The van der Waals surface area contributed by atoms with Crippen molar-refractivity contribution >= 4 is 5.78 Å². The molecule has 204 valence electrons. The van der Waals surface area contributed by atoms with Crippen molar-refractivity contribution < 1.29 is 23.7 Å². The Morgan fingerprint density at radius 1 is 0.821 bits per heavy atom. The van der Waals surface area contributed by atoms with E-state index in [9.17, 15) is 4.79 Å². The van der Waals surface area contributed by atoms with Crippen LogP contribution in [0.25, 0.3) is 0 Å². The highest BCUT2D eigenvalue weighted by molar-refractivity contribution is 6.04. The normalized spacial score (nSPS) is 23.5. The van der Waals surface area contributed by atoms with Crippen molar-refractivity contribution in [2.75, 3.05) is 32.8 Å². The lowest BCUT2D eigenvalue weighted by atomic mass is 9.81. The van der Waals surface area contributed by atoms with Crippen molar-refractivity contribution in [2.45, 2.75) is 56.8 Å². The molecule has 0 spiro atoms. The molecule has 0 aromatic heterocycles. The molecule has 0 aliphatic carbocycles. The first-order valence-electron chi connectivity index (χ1n) is 14.4. The summed E-state index contributed by atoms with van der Waals surface area (Å²) in [4.78, 5) is 16.4. The summed E-state index contributed by atoms with van der Waals surface area (Å²) in [5.74, 6) is 1.64. The number of carbonyl (C=O) groups excluding carboxylic acids is 1. The number of carbonyl (C=O) groups is 1. The summed E-state index contributed by atoms with van der Waals surface area (Å²) in [5.41, 5.74) is 2.46. The van der Waals surface area contributed by atoms with E-state index in [4.69, 9.17) is 18.9 Å². The van der Waals surface area contributed by atoms with Gasteiger partial charge in [0.1, 0.15) is 30.0 Å². The van der Waals surface area contributed by atoms with Crippen LogP contribution < -0.4 is 14.2 Å². The Hall–Kier alpha value is -3.35. The molecule has 39 heavy (non-hydrogen) atoms. The average molecular weight is 528 g/mol. The van der Waals surface area contributed by atoms with Crippen molar-refractivity contribution in [2.24, 2.45) is 0 Å². The Morgan fingerprint density at radius 2 is 1.62 bits per heavy atom. The van der Waals surface area contributed by atoms with Crippen molar-refractivity contribution in [1.29, 1.82) is 0 Å². The van der Waals surface area contributed by atoms with Crippen LogP contribution in [0.15, 0.2) is 72.8 Å². The number of hydrogen-bond acceptors (Lipinski definition) is 6. The molecule has 0 amide bonds. The molecule has 3 heterocycles. The zero-order chi connectivity index (χ0) is 26.4. The van der Waals surface area contributed by atoms with E-state index in [1.54, 1.807) is 0 Å². The van der Waals surface area contributed by atoms with Gasteiger partial charge in [0.15, 0.2) is 12.1 Å². The molecule has 1 unspecified atom stereocenters. The largest absolute Gasteiger partial charge is 0.492 e. The van der Waals surface area contributed by atoms with E-state index in [1.165, 1.54) is 19.3 Å². The molecule has 2 saturated heterocycles. The number of ketones is 1. The second kappa shape index (κ2) is 12.2. The topological polar surface area (TPSA) is 57.2 Å². The summed E-state index contributed by atoms with van der Waals surface area (Å²) in [6.45, 7) is 4.66. The van der Waals surface area contributed by atoms with Crippen LogP contribution in [-0.2, 0) is 4.74 Å². The first kappa shape index (κ1) is 25.9. The number of ether oxygens (including phenoxy) is 4. The minimum Gasteiger partial charge on any atom is -0.492 e. The number of benzene rings is 3. The van der Waals surface area contributed by atoms with Gasteiger partial charge < -0.3 is 18.9 Å². The summed E-state index contributed by atoms with van der Waals surface area (Å²) in [6, 6.07) is 23.4. The molecule has 0 saturated carbocycles.